The second-order valence-electron chi connectivity index (χ2n) is 7.15. The van der Waals surface area contributed by atoms with Crippen LogP contribution in [-0.4, -0.2) is 69.2 Å². The molecular formula is C21H27N3O4S. The van der Waals surface area contributed by atoms with Gasteiger partial charge in [-0.25, -0.2) is 13.6 Å². The van der Waals surface area contributed by atoms with Crippen molar-refractivity contribution in [2.45, 2.75) is 6.42 Å². The molecule has 7 nitrogen and oxygen atoms in total. The average Bonchev–Trinajstić information content (AvgIpc) is 2.72. The quantitative estimate of drug-likeness (QED) is 0.694. The van der Waals surface area contributed by atoms with Crippen molar-refractivity contribution in [3.63, 3.8) is 0 Å². The second kappa shape index (κ2) is 9.87. The summed E-state index contributed by atoms with van der Waals surface area (Å²) in [6, 6.07) is 17.9. The standard InChI is InChI=1S/C21H27N3O4S/c22-29(26,27)15-14-23-10-12-24(13-11-23)21(25)17-28-20-9-5-4-8-19(20)16-18-6-2-1-3-7-18/h1-9H,10-17H2,(H2,22,26,27). The first-order valence-corrected chi connectivity index (χ1v) is 11.4. The smallest absolute Gasteiger partial charge is 0.260 e. The van der Waals surface area contributed by atoms with E-state index in [4.69, 9.17) is 9.88 Å². The van der Waals surface area contributed by atoms with Crippen LogP contribution in [0.3, 0.4) is 0 Å². The molecule has 0 unspecified atom stereocenters. The van der Waals surface area contributed by atoms with E-state index in [2.05, 4.69) is 12.1 Å². The molecule has 0 atom stereocenters. The summed E-state index contributed by atoms with van der Waals surface area (Å²) >= 11 is 0. The zero-order valence-corrected chi connectivity index (χ0v) is 17.2. The molecule has 0 saturated carbocycles. The number of hydrogen-bond donors (Lipinski definition) is 1. The molecule has 0 radical (unpaired) electrons. The molecule has 2 N–H and O–H groups in total. The van der Waals surface area contributed by atoms with Crippen LogP contribution in [-0.2, 0) is 21.2 Å². The normalized spacial score (nSPS) is 15.3. The molecule has 8 heteroatoms. The summed E-state index contributed by atoms with van der Waals surface area (Å²) in [5.41, 5.74) is 2.23. The number of nitrogens with two attached hydrogens (primary N) is 1. The van der Waals surface area contributed by atoms with Crippen molar-refractivity contribution in [1.29, 1.82) is 0 Å². The molecule has 0 spiro atoms. The fourth-order valence-electron chi connectivity index (χ4n) is 3.31. The average molecular weight is 418 g/mol. The number of sulfonamides is 1. The van der Waals surface area contributed by atoms with Gasteiger partial charge in [0.2, 0.25) is 10.0 Å². The van der Waals surface area contributed by atoms with Crippen LogP contribution in [0.4, 0.5) is 0 Å². The van der Waals surface area contributed by atoms with Crippen LogP contribution in [0.2, 0.25) is 0 Å². The molecule has 0 bridgehead atoms. The molecule has 1 aliphatic heterocycles. The first kappa shape index (κ1) is 21.3. The van der Waals surface area contributed by atoms with E-state index in [0.717, 1.165) is 17.7 Å². The van der Waals surface area contributed by atoms with Crippen molar-refractivity contribution in [1.82, 2.24) is 9.80 Å². The number of hydrogen-bond acceptors (Lipinski definition) is 5. The van der Waals surface area contributed by atoms with Gasteiger partial charge in [0.05, 0.1) is 5.75 Å². The van der Waals surface area contributed by atoms with Crippen LogP contribution in [0, 0.1) is 0 Å². The number of rotatable bonds is 8. The number of benzene rings is 2. The summed E-state index contributed by atoms with van der Waals surface area (Å²) in [6.07, 6.45) is 0.744. The molecule has 2 aromatic carbocycles. The second-order valence-corrected chi connectivity index (χ2v) is 8.88. The van der Waals surface area contributed by atoms with Gasteiger partial charge in [-0.15, -0.1) is 0 Å². The van der Waals surface area contributed by atoms with Gasteiger partial charge in [0.15, 0.2) is 6.61 Å². The minimum Gasteiger partial charge on any atom is -0.483 e. The molecule has 0 aromatic heterocycles. The summed E-state index contributed by atoms with van der Waals surface area (Å²) in [7, 11) is -3.46. The van der Waals surface area contributed by atoms with Crippen molar-refractivity contribution >= 4 is 15.9 Å². The van der Waals surface area contributed by atoms with Gasteiger partial charge in [-0.3, -0.25) is 9.69 Å². The van der Waals surface area contributed by atoms with Gasteiger partial charge in [-0.1, -0.05) is 48.5 Å². The molecule has 3 rings (SSSR count). The lowest BCUT2D eigenvalue weighted by atomic mass is 10.0. The summed E-state index contributed by atoms with van der Waals surface area (Å²) in [6.45, 7) is 2.75. The maximum atomic E-state index is 12.5. The largest absolute Gasteiger partial charge is 0.483 e. The Bertz CT molecular complexity index is 911. The Morgan fingerprint density at radius 1 is 0.966 bits per heavy atom. The van der Waals surface area contributed by atoms with E-state index >= 15 is 0 Å². The first-order valence-electron chi connectivity index (χ1n) is 9.66. The minimum atomic E-state index is -3.46. The number of piperazine rings is 1. The number of carbonyl (C=O) groups excluding carboxylic acids is 1. The molecule has 1 fully saturated rings. The summed E-state index contributed by atoms with van der Waals surface area (Å²) in [5, 5.41) is 5.05. The molecule has 1 aliphatic rings. The van der Waals surface area contributed by atoms with Crippen LogP contribution < -0.4 is 9.88 Å². The highest BCUT2D eigenvalue weighted by molar-refractivity contribution is 7.89. The maximum Gasteiger partial charge on any atom is 0.260 e. The monoisotopic (exact) mass is 417 g/mol. The summed E-state index contributed by atoms with van der Waals surface area (Å²) in [5.74, 6) is 0.588. The van der Waals surface area contributed by atoms with Crippen LogP contribution in [0.15, 0.2) is 54.6 Å². The van der Waals surface area contributed by atoms with Crippen molar-refractivity contribution in [3.05, 3.63) is 65.7 Å². The number of para-hydroxylation sites is 1. The Balaban J connectivity index is 1.49. The van der Waals surface area contributed by atoms with Crippen molar-refractivity contribution in [2.24, 2.45) is 5.14 Å². The zero-order valence-electron chi connectivity index (χ0n) is 16.4. The molecule has 1 heterocycles. The molecule has 0 aliphatic carbocycles. The molecule has 1 saturated heterocycles. The molecular weight excluding hydrogens is 390 g/mol. The van der Waals surface area contributed by atoms with E-state index in [-0.39, 0.29) is 18.3 Å². The first-order chi connectivity index (χ1) is 13.9. The molecule has 156 valence electrons. The van der Waals surface area contributed by atoms with E-state index in [1.807, 2.05) is 47.4 Å². The van der Waals surface area contributed by atoms with Crippen LogP contribution in [0.25, 0.3) is 0 Å². The number of nitrogens with zero attached hydrogens (tertiary/aromatic N) is 2. The number of ether oxygens (including phenoxy) is 1. The fraction of sp³-hybridized carbons (Fsp3) is 0.381. The number of carbonyl (C=O) groups is 1. The van der Waals surface area contributed by atoms with Gasteiger partial charge in [0.1, 0.15) is 5.75 Å². The van der Waals surface area contributed by atoms with Crippen molar-refractivity contribution in [3.8, 4) is 5.75 Å². The Hall–Kier alpha value is -2.42. The topological polar surface area (TPSA) is 92.9 Å². The Morgan fingerprint density at radius 2 is 1.62 bits per heavy atom. The van der Waals surface area contributed by atoms with E-state index in [1.54, 1.807) is 4.90 Å². The lowest BCUT2D eigenvalue weighted by Crippen LogP contribution is -2.51. The minimum absolute atomic E-state index is 0.0109. The lowest BCUT2D eigenvalue weighted by Gasteiger charge is -2.34. The predicted molar refractivity (Wildman–Crippen MR) is 112 cm³/mol. The molecule has 29 heavy (non-hydrogen) atoms. The predicted octanol–water partition coefficient (Wildman–Crippen LogP) is 1.09. The third kappa shape index (κ3) is 6.85. The maximum absolute atomic E-state index is 12.5. The van der Waals surface area contributed by atoms with E-state index < -0.39 is 10.0 Å². The van der Waals surface area contributed by atoms with Crippen molar-refractivity contribution < 1.29 is 17.9 Å². The highest BCUT2D eigenvalue weighted by atomic mass is 32.2. The van der Waals surface area contributed by atoms with Gasteiger partial charge in [0, 0.05) is 39.1 Å². The van der Waals surface area contributed by atoms with Gasteiger partial charge < -0.3 is 9.64 Å². The van der Waals surface area contributed by atoms with Gasteiger partial charge in [-0.2, -0.15) is 0 Å². The fourth-order valence-corrected chi connectivity index (χ4v) is 3.83. The van der Waals surface area contributed by atoms with Gasteiger partial charge in [-0.05, 0) is 17.2 Å². The summed E-state index contributed by atoms with van der Waals surface area (Å²) < 4.78 is 28.0. The van der Waals surface area contributed by atoms with E-state index in [0.29, 0.717) is 32.7 Å². The highest BCUT2D eigenvalue weighted by Crippen LogP contribution is 2.21. The Labute approximate surface area is 172 Å². The van der Waals surface area contributed by atoms with E-state index in [1.165, 1.54) is 5.56 Å². The SMILES string of the molecule is NS(=O)(=O)CCN1CCN(C(=O)COc2ccccc2Cc2ccccc2)CC1. The van der Waals surface area contributed by atoms with Gasteiger partial charge >= 0.3 is 0 Å². The third-order valence-corrected chi connectivity index (χ3v) is 5.73. The van der Waals surface area contributed by atoms with E-state index in [9.17, 15) is 13.2 Å². The zero-order chi connectivity index (χ0) is 20.7. The Kier molecular flexibility index (Phi) is 7.24. The lowest BCUT2D eigenvalue weighted by molar-refractivity contribution is -0.135. The number of amides is 1. The molecule has 2 aromatic rings. The highest BCUT2D eigenvalue weighted by Gasteiger charge is 2.22. The van der Waals surface area contributed by atoms with Crippen LogP contribution in [0.5, 0.6) is 5.75 Å². The Morgan fingerprint density at radius 3 is 2.31 bits per heavy atom. The number of primary sulfonamides is 1. The van der Waals surface area contributed by atoms with Crippen molar-refractivity contribution in [2.75, 3.05) is 45.1 Å². The van der Waals surface area contributed by atoms with Crippen LogP contribution in [0.1, 0.15) is 11.1 Å². The van der Waals surface area contributed by atoms with Gasteiger partial charge in [0.25, 0.3) is 5.91 Å². The third-order valence-electron chi connectivity index (χ3n) is 4.98. The summed E-state index contributed by atoms with van der Waals surface area (Å²) in [4.78, 5) is 16.3. The molecule has 1 amide bonds. The van der Waals surface area contributed by atoms with Crippen LogP contribution >= 0.6 is 0 Å².